The van der Waals surface area contributed by atoms with Crippen LogP contribution in [0.25, 0.3) is 10.8 Å². The van der Waals surface area contributed by atoms with Crippen molar-refractivity contribution in [3.63, 3.8) is 0 Å². The molecule has 0 saturated carbocycles. The second kappa shape index (κ2) is 9.88. The molecule has 0 atom stereocenters. The van der Waals surface area contributed by atoms with Crippen LogP contribution in [0.3, 0.4) is 0 Å². The SMILES string of the molecule is CCCn1nc(C(=O)N/N=C/c2ccc(N(CC)CC)cc2O)c2ccccc2c1=O. The van der Waals surface area contributed by atoms with Gasteiger partial charge in [0, 0.05) is 42.3 Å². The van der Waals surface area contributed by atoms with Gasteiger partial charge in [-0.25, -0.2) is 10.1 Å². The first-order chi connectivity index (χ1) is 15.0. The van der Waals surface area contributed by atoms with E-state index in [0.29, 0.717) is 29.3 Å². The Labute approximate surface area is 180 Å². The van der Waals surface area contributed by atoms with Crippen molar-refractivity contribution in [3.8, 4) is 5.75 Å². The molecule has 8 nitrogen and oxygen atoms in total. The van der Waals surface area contributed by atoms with E-state index in [2.05, 4.69) is 20.5 Å². The molecule has 3 rings (SSSR count). The van der Waals surface area contributed by atoms with Crippen molar-refractivity contribution in [2.75, 3.05) is 18.0 Å². The van der Waals surface area contributed by atoms with Crippen molar-refractivity contribution in [3.05, 3.63) is 64.1 Å². The van der Waals surface area contributed by atoms with E-state index < -0.39 is 5.91 Å². The van der Waals surface area contributed by atoms with Crippen LogP contribution in [0, 0.1) is 0 Å². The molecule has 1 heterocycles. The Balaban J connectivity index is 1.84. The fraction of sp³-hybridized carbons (Fsp3) is 0.304. The van der Waals surface area contributed by atoms with Crippen molar-refractivity contribution >= 4 is 28.6 Å². The summed E-state index contributed by atoms with van der Waals surface area (Å²) < 4.78 is 1.30. The lowest BCUT2D eigenvalue weighted by molar-refractivity contribution is 0.0949. The van der Waals surface area contributed by atoms with E-state index >= 15 is 0 Å². The van der Waals surface area contributed by atoms with Gasteiger partial charge in [0.2, 0.25) is 0 Å². The molecule has 0 spiro atoms. The van der Waals surface area contributed by atoms with Crippen molar-refractivity contribution in [1.82, 2.24) is 15.2 Å². The summed E-state index contributed by atoms with van der Waals surface area (Å²) in [7, 11) is 0. The van der Waals surface area contributed by atoms with E-state index in [0.717, 1.165) is 18.8 Å². The van der Waals surface area contributed by atoms with Gasteiger partial charge < -0.3 is 10.0 Å². The zero-order valence-corrected chi connectivity index (χ0v) is 18.0. The number of benzene rings is 2. The summed E-state index contributed by atoms with van der Waals surface area (Å²) in [6, 6.07) is 12.2. The number of hydrogen-bond acceptors (Lipinski definition) is 6. The first kappa shape index (κ1) is 22.0. The Morgan fingerprint density at radius 1 is 1.16 bits per heavy atom. The van der Waals surface area contributed by atoms with Crippen LogP contribution in [0.1, 0.15) is 43.2 Å². The quantitative estimate of drug-likeness (QED) is 0.430. The second-order valence-corrected chi connectivity index (χ2v) is 7.04. The van der Waals surface area contributed by atoms with Gasteiger partial charge >= 0.3 is 0 Å². The molecule has 162 valence electrons. The Hall–Kier alpha value is -3.68. The third-order valence-electron chi connectivity index (χ3n) is 5.03. The summed E-state index contributed by atoms with van der Waals surface area (Å²) in [5, 5.41) is 19.4. The van der Waals surface area contributed by atoms with Crippen LogP contribution >= 0.6 is 0 Å². The van der Waals surface area contributed by atoms with Gasteiger partial charge in [-0.2, -0.15) is 10.2 Å². The lowest BCUT2D eigenvalue weighted by Crippen LogP contribution is -2.29. The topological polar surface area (TPSA) is 99.8 Å². The normalized spacial score (nSPS) is 11.2. The molecule has 3 aromatic rings. The van der Waals surface area contributed by atoms with Gasteiger partial charge in [-0.3, -0.25) is 9.59 Å². The maximum Gasteiger partial charge on any atom is 0.292 e. The minimum absolute atomic E-state index is 0.0717. The molecule has 0 fully saturated rings. The molecule has 0 aliphatic carbocycles. The molecule has 0 radical (unpaired) electrons. The number of rotatable bonds is 8. The number of carbonyl (C=O) groups excluding carboxylic acids is 1. The second-order valence-electron chi connectivity index (χ2n) is 7.04. The molecule has 31 heavy (non-hydrogen) atoms. The standard InChI is InChI=1S/C23H27N5O3/c1-4-13-28-23(31)19-10-8-7-9-18(19)21(26-28)22(30)25-24-15-16-11-12-17(14-20(16)29)27(5-2)6-3/h7-12,14-15,29H,4-6,13H2,1-3H3,(H,25,30)/b24-15+. The highest BCUT2D eigenvalue weighted by atomic mass is 16.3. The zero-order valence-electron chi connectivity index (χ0n) is 18.0. The molecule has 8 heteroatoms. The number of amides is 1. The largest absolute Gasteiger partial charge is 0.507 e. The van der Waals surface area contributed by atoms with Crippen LogP contribution in [0.15, 0.2) is 52.4 Å². The minimum Gasteiger partial charge on any atom is -0.507 e. The zero-order chi connectivity index (χ0) is 22.4. The highest BCUT2D eigenvalue weighted by Gasteiger charge is 2.16. The van der Waals surface area contributed by atoms with E-state index in [9.17, 15) is 14.7 Å². The summed E-state index contributed by atoms with van der Waals surface area (Å²) >= 11 is 0. The third kappa shape index (κ3) is 4.74. The summed E-state index contributed by atoms with van der Waals surface area (Å²) in [6.07, 6.45) is 2.09. The number of phenolic OH excluding ortho intramolecular Hbond substituents is 1. The number of carbonyl (C=O) groups is 1. The average molecular weight is 422 g/mol. The average Bonchev–Trinajstić information content (AvgIpc) is 2.78. The first-order valence-corrected chi connectivity index (χ1v) is 10.4. The van der Waals surface area contributed by atoms with Gasteiger partial charge in [0.15, 0.2) is 5.69 Å². The van der Waals surface area contributed by atoms with Gasteiger partial charge in [0.25, 0.3) is 11.5 Å². The maximum atomic E-state index is 12.8. The summed E-state index contributed by atoms with van der Waals surface area (Å²) in [4.78, 5) is 27.4. The Bertz CT molecular complexity index is 1170. The molecule has 2 N–H and O–H groups in total. The number of hydrogen-bond donors (Lipinski definition) is 2. The molecule has 0 bridgehead atoms. The Kier molecular flexibility index (Phi) is 7.02. The van der Waals surface area contributed by atoms with E-state index in [4.69, 9.17) is 0 Å². The number of fused-ring (bicyclic) bond motifs is 1. The van der Waals surface area contributed by atoms with Gasteiger partial charge in [-0.15, -0.1) is 0 Å². The van der Waals surface area contributed by atoms with Crippen LogP contribution in [-0.4, -0.2) is 40.1 Å². The molecule has 2 aromatic carbocycles. The molecule has 0 unspecified atom stereocenters. The number of nitrogens with one attached hydrogen (secondary N) is 1. The highest BCUT2D eigenvalue weighted by molar-refractivity contribution is 6.05. The minimum atomic E-state index is -0.531. The van der Waals surface area contributed by atoms with Crippen molar-refractivity contribution in [2.24, 2.45) is 5.10 Å². The van der Waals surface area contributed by atoms with Gasteiger partial charge in [-0.1, -0.05) is 25.1 Å². The van der Waals surface area contributed by atoms with E-state index in [-0.39, 0.29) is 17.0 Å². The molecular weight excluding hydrogens is 394 g/mol. The summed E-state index contributed by atoms with van der Waals surface area (Å²) in [5.41, 5.74) is 3.74. The number of nitrogens with zero attached hydrogens (tertiary/aromatic N) is 4. The molecule has 0 aliphatic rings. The van der Waals surface area contributed by atoms with Gasteiger partial charge in [0.05, 0.1) is 11.6 Å². The van der Waals surface area contributed by atoms with Crippen molar-refractivity contribution in [1.29, 1.82) is 0 Å². The summed E-state index contributed by atoms with van der Waals surface area (Å²) in [5.74, 6) is -0.459. The fourth-order valence-corrected chi connectivity index (χ4v) is 3.41. The highest BCUT2D eigenvalue weighted by Crippen LogP contribution is 2.23. The number of aryl methyl sites for hydroxylation is 1. The first-order valence-electron chi connectivity index (χ1n) is 10.4. The molecule has 1 aromatic heterocycles. The Morgan fingerprint density at radius 2 is 1.87 bits per heavy atom. The smallest absolute Gasteiger partial charge is 0.292 e. The molecular formula is C23H27N5O3. The maximum absolute atomic E-state index is 12.8. The van der Waals surface area contributed by atoms with Crippen molar-refractivity contribution in [2.45, 2.75) is 33.7 Å². The van der Waals surface area contributed by atoms with E-state index in [1.54, 1.807) is 36.4 Å². The van der Waals surface area contributed by atoms with Gasteiger partial charge in [-0.05, 0) is 38.5 Å². The summed E-state index contributed by atoms with van der Waals surface area (Å²) in [6.45, 7) is 8.12. The third-order valence-corrected chi connectivity index (χ3v) is 5.03. The predicted octanol–water partition coefficient (Wildman–Crippen LogP) is 3.12. The number of aromatic hydroxyl groups is 1. The van der Waals surface area contributed by atoms with Crippen LogP contribution in [0.4, 0.5) is 5.69 Å². The number of anilines is 1. The number of phenols is 1. The van der Waals surface area contributed by atoms with Crippen molar-refractivity contribution < 1.29 is 9.90 Å². The predicted molar refractivity (Wildman–Crippen MR) is 123 cm³/mol. The molecule has 0 saturated heterocycles. The van der Waals surface area contributed by atoms with Crippen LogP contribution < -0.4 is 15.9 Å². The molecule has 1 amide bonds. The fourth-order valence-electron chi connectivity index (χ4n) is 3.41. The number of aromatic nitrogens is 2. The molecule has 0 aliphatic heterocycles. The van der Waals surface area contributed by atoms with Crippen LogP contribution in [0.2, 0.25) is 0 Å². The van der Waals surface area contributed by atoms with E-state index in [1.807, 2.05) is 26.8 Å². The Morgan fingerprint density at radius 3 is 2.52 bits per heavy atom. The lowest BCUT2D eigenvalue weighted by atomic mass is 10.1. The van der Waals surface area contributed by atoms with E-state index in [1.165, 1.54) is 10.9 Å². The van der Waals surface area contributed by atoms with Gasteiger partial charge in [0.1, 0.15) is 5.75 Å². The van der Waals surface area contributed by atoms with Crippen LogP contribution in [-0.2, 0) is 6.54 Å². The monoisotopic (exact) mass is 421 g/mol. The van der Waals surface area contributed by atoms with Crippen LogP contribution in [0.5, 0.6) is 5.75 Å². The number of hydrazone groups is 1. The lowest BCUT2D eigenvalue weighted by Gasteiger charge is -2.21.